The fourth-order valence-electron chi connectivity index (χ4n) is 3.57. The molecule has 7 heteroatoms. The van der Waals surface area contributed by atoms with Crippen molar-refractivity contribution in [3.05, 3.63) is 70.5 Å². The summed E-state index contributed by atoms with van der Waals surface area (Å²) < 4.78 is 18.0. The summed E-state index contributed by atoms with van der Waals surface area (Å²) in [5.41, 5.74) is 4.97. The number of ether oxygens (including phenoxy) is 3. The number of carbonyl (C=O) groups is 1. The molecule has 3 rings (SSSR count). The normalized spacial score (nSPS) is 10.6. The van der Waals surface area contributed by atoms with Gasteiger partial charge in [0, 0.05) is 17.8 Å². The Labute approximate surface area is 182 Å². The predicted octanol–water partition coefficient (Wildman–Crippen LogP) is 3.43. The maximum atomic E-state index is 12.6. The van der Waals surface area contributed by atoms with E-state index in [-0.39, 0.29) is 12.3 Å². The Morgan fingerprint density at radius 2 is 1.61 bits per heavy atom. The molecule has 0 saturated heterocycles. The van der Waals surface area contributed by atoms with Crippen LogP contribution in [0.5, 0.6) is 17.2 Å². The number of nitrogens with zero attached hydrogens (tertiary/aromatic N) is 2. The number of hydrogen-bond donors (Lipinski definition) is 1. The van der Waals surface area contributed by atoms with Crippen molar-refractivity contribution < 1.29 is 19.0 Å². The van der Waals surface area contributed by atoms with Gasteiger partial charge in [0.25, 0.3) is 0 Å². The highest BCUT2D eigenvalue weighted by Crippen LogP contribution is 2.38. The lowest BCUT2D eigenvalue weighted by molar-refractivity contribution is -0.120. The van der Waals surface area contributed by atoms with Gasteiger partial charge in [0.1, 0.15) is 0 Å². The number of benzene rings is 2. The minimum atomic E-state index is -0.0936. The van der Waals surface area contributed by atoms with Gasteiger partial charge < -0.3 is 19.5 Å². The van der Waals surface area contributed by atoms with E-state index in [1.807, 2.05) is 36.7 Å². The van der Waals surface area contributed by atoms with Gasteiger partial charge in [-0.3, -0.25) is 9.48 Å². The molecule has 0 fully saturated rings. The number of aromatic nitrogens is 2. The molecule has 0 radical (unpaired) electrons. The largest absolute Gasteiger partial charge is 0.493 e. The molecule has 0 aliphatic heterocycles. The van der Waals surface area contributed by atoms with Crippen LogP contribution in [-0.4, -0.2) is 37.0 Å². The molecule has 0 spiro atoms. The molecular formula is C24H29N3O4. The quantitative estimate of drug-likeness (QED) is 0.571. The molecule has 0 aliphatic rings. The van der Waals surface area contributed by atoms with E-state index in [1.54, 1.807) is 33.5 Å². The predicted molar refractivity (Wildman–Crippen MR) is 119 cm³/mol. The number of amides is 1. The molecule has 1 amide bonds. The van der Waals surface area contributed by atoms with Gasteiger partial charge in [0.2, 0.25) is 11.7 Å². The zero-order valence-electron chi connectivity index (χ0n) is 18.7. The van der Waals surface area contributed by atoms with Crippen molar-refractivity contribution in [2.75, 3.05) is 21.3 Å². The van der Waals surface area contributed by atoms with Crippen molar-refractivity contribution in [3.8, 4) is 17.2 Å². The second-order valence-corrected chi connectivity index (χ2v) is 7.28. The van der Waals surface area contributed by atoms with Gasteiger partial charge in [-0.15, -0.1) is 0 Å². The van der Waals surface area contributed by atoms with Crippen LogP contribution in [0.1, 0.15) is 28.1 Å². The van der Waals surface area contributed by atoms with E-state index < -0.39 is 0 Å². The molecule has 3 aromatic rings. The first kappa shape index (κ1) is 22.2. The van der Waals surface area contributed by atoms with Crippen molar-refractivity contribution in [1.29, 1.82) is 0 Å². The van der Waals surface area contributed by atoms with Gasteiger partial charge in [-0.25, -0.2) is 0 Å². The third-order valence-corrected chi connectivity index (χ3v) is 5.26. The van der Waals surface area contributed by atoms with Crippen LogP contribution in [0.2, 0.25) is 0 Å². The Hall–Kier alpha value is -3.48. The minimum Gasteiger partial charge on any atom is -0.493 e. The van der Waals surface area contributed by atoms with E-state index in [1.165, 1.54) is 5.56 Å². The second kappa shape index (κ2) is 10.0. The molecule has 31 heavy (non-hydrogen) atoms. The smallest absolute Gasteiger partial charge is 0.224 e. The van der Waals surface area contributed by atoms with Gasteiger partial charge in [0.05, 0.1) is 40.0 Å². The third kappa shape index (κ3) is 5.17. The van der Waals surface area contributed by atoms with Gasteiger partial charge in [-0.2, -0.15) is 5.10 Å². The molecule has 7 nitrogen and oxygen atoms in total. The maximum Gasteiger partial charge on any atom is 0.224 e. The monoisotopic (exact) mass is 423 g/mol. The zero-order valence-corrected chi connectivity index (χ0v) is 18.7. The van der Waals surface area contributed by atoms with E-state index in [0.717, 1.165) is 22.5 Å². The Bertz CT molecular complexity index is 1020. The van der Waals surface area contributed by atoms with E-state index in [0.29, 0.717) is 30.3 Å². The molecular weight excluding hydrogens is 394 g/mol. The average molecular weight is 424 g/mol. The third-order valence-electron chi connectivity index (χ3n) is 5.26. The SMILES string of the molecule is COc1cc(CC(=O)NCc2c(C)nn(Cc3ccccc3)c2C)cc(OC)c1OC. The Balaban J connectivity index is 1.67. The summed E-state index contributed by atoms with van der Waals surface area (Å²) in [6, 6.07) is 13.8. The highest BCUT2D eigenvalue weighted by Gasteiger charge is 2.16. The summed E-state index contributed by atoms with van der Waals surface area (Å²) >= 11 is 0. The standard InChI is InChI=1S/C24H29N3O4/c1-16-20(17(2)27(26-16)15-18-9-7-6-8-10-18)14-25-23(28)13-19-11-21(29-3)24(31-5)22(12-19)30-4/h6-12H,13-15H2,1-5H3,(H,25,28). The number of methoxy groups -OCH3 is 3. The lowest BCUT2D eigenvalue weighted by Gasteiger charge is -2.14. The van der Waals surface area contributed by atoms with Crippen LogP contribution in [0.4, 0.5) is 0 Å². The van der Waals surface area contributed by atoms with Crippen LogP contribution in [0.3, 0.4) is 0 Å². The lowest BCUT2D eigenvalue weighted by Crippen LogP contribution is -2.25. The molecule has 0 unspecified atom stereocenters. The fourth-order valence-corrected chi connectivity index (χ4v) is 3.57. The van der Waals surface area contributed by atoms with Crippen LogP contribution in [0.25, 0.3) is 0 Å². The van der Waals surface area contributed by atoms with Crippen LogP contribution >= 0.6 is 0 Å². The van der Waals surface area contributed by atoms with Crippen molar-refractivity contribution >= 4 is 5.91 Å². The van der Waals surface area contributed by atoms with E-state index in [9.17, 15) is 4.79 Å². The fraction of sp³-hybridized carbons (Fsp3) is 0.333. The summed E-state index contributed by atoms with van der Waals surface area (Å²) in [6.07, 6.45) is 0.201. The van der Waals surface area contributed by atoms with Crippen molar-refractivity contribution in [1.82, 2.24) is 15.1 Å². The minimum absolute atomic E-state index is 0.0936. The first-order valence-corrected chi connectivity index (χ1v) is 10.1. The Morgan fingerprint density at radius 3 is 2.19 bits per heavy atom. The second-order valence-electron chi connectivity index (χ2n) is 7.28. The molecule has 0 saturated carbocycles. The topological polar surface area (TPSA) is 74.6 Å². The summed E-state index contributed by atoms with van der Waals surface area (Å²) in [7, 11) is 4.66. The number of carbonyl (C=O) groups excluding carboxylic acids is 1. The Kier molecular flexibility index (Phi) is 7.18. The molecule has 1 aromatic heterocycles. The summed E-state index contributed by atoms with van der Waals surface area (Å²) in [6.45, 7) is 5.13. The van der Waals surface area contributed by atoms with Crippen LogP contribution in [0, 0.1) is 13.8 Å². The van der Waals surface area contributed by atoms with Crippen molar-refractivity contribution in [2.24, 2.45) is 0 Å². The molecule has 2 aromatic carbocycles. The zero-order chi connectivity index (χ0) is 22.4. The highest BCUT2D eigenvalue weighted by molar-refractivity contribution is 5.79. The summed E-state index contributed by atoms with van der Waals surface area (Å²) in [5.74, 6) is 1.46. The molecule has 164 valence electrons. The molecule has 1 heterocycles. The van der Waals surface area contributed by atoms with Crippen LogP contribution in [-0.2, 0) is 24.3 Å². The van der Waals surface area contributed by atoms with E-state index >= 15 is 0 Å². The molecule has 0 bridgehead atoms. The highest BCUT2D eigenvalue weighted by atomic mass is 16.5. The van der Waals surface area contributed by atoms with Crippen LogP contribution < -0.4 is 19.5 Å². The van der Waals surface area contributed by atoms with Crippen molar-refractivity contribution in [2.45, 2.75) is 33.4 Å². The number of nitrogens with one attached hydrogen (secondary N) is 1. The molecule has 1 N–H and O–H groups in total. The number of hydrogen-bond acceptors (Lipinski definition) is 5. The first-order valence-electron chi connectivity index (χ1n) is 10.1. The van der Waals surface area contributed by atoms with Gasteiger partial charge in [0.15, 0.2) is 11.5 Å². The van der Waals surface area contributed by atoms with Gasteiger partial charge >= 0.3 is 0 Å². The number of aryl methyl sites for hydroxylation is 1. The lowest BCUT2D eigenvalue weighted by atomic mass is 10.1. The molecule has 0 aliphatic carbocycles. The maximum absolute atomic E-state index is 12.6. The van der Waals surface area contributed by atoms with E-state index in [4.69, 9.17) is 14.2 Å². The Morgan fingerprint density at radius 1 is 0.968 bits per heavy atom. The molecule has 0 atom stereocenters. The van der Waals surface area contributed by atoms with Crippen molar-refractivity contribution in [3.63, 3.8) is 0 Å². The first-order chi connectivity index (χ1) is 15.0. The van der Waals surface area contributed by atoms with E-state index in [2.05, 4.69) is 22.5 Å². The summed E-state index contributed by atoms with van der Waals surface area (Å²) in [5, 5.41) is 7.65. The summed E-state index contributed by atoms with van der Waals surface area (Å²) in [4.78, 5) is 12.6. The average Bonchev–Trinajstić information content (AvgIpc) is 3.04. The van der Waals surface area contributed by atoms with Crippen LogP contribution in [0.15, 0.2) is 42.5 Å². The van der Waals surface area contributed by atoms with Gasteiger partial charge in [-0.1, -0.05) is 30.3 Å². The van der Waals surface area contributed by atoms with Gasteiger partial charge in [-0.05, 0) is 37.1 Å². The number of rotatable bonds is 9.